The van der Waals surface area contributed by atoms with E-state index >= 15 is 0 Å². The molecule has 0 N–H and O–H groups in total. The van der Waals surface area contributed by atoms with Gasteiger partial charge in [-0.05, 0) is 43.4 Å². The van der Waals surface area contributed by atoms with Crippen molar-refractivity contribution in [3.63, 3.8) is 0 Å². The first-order chi connectivity index (χ1) is 13.1. The summed E-state index contributed by atoms with van der Waals surface area (Å²) in [5.41, 5.74) is 1.47. The van der Waals surface area contributed by atoms with Gasteiger partial charge in [0.05, 0.1) is 11.7 Å². The van der Waals surface area contributed by atoms with Crippen molar-refractivity contribution in [2.24, 2.45) is 0 Å². The van der Waals surface area contributed by atoms with Gasteiger partial charge in [-0.3, -0.25) is 14.2 Å². The van der Waals surface area contributed by atoms with Gasteiger partial charge in [0, 0.05) is 16.0 Å². The van der Waals surface area contributed by atoms with E-state index in [0.717, 1.165) is 36.8 Å². The molecule has 140 valence electrons. The zero-order valence-corrected chi connectivity index (χ0v) is 16.3. The molecular formula is C20H19ClN2O3S. The predicted molar refractivity (Wildman–Crippen MR) is 107 cm³/mol. The summed E-state index contributed by atoms with van der Waals surface area (Å²) in [5, 5.41) is 3.07. The van der Waals surface area contributed by atoms with Gasteiger partial charge in [-0.2, -0.15) is 0 Å². The van der Waals surface area contributed by atoms with Crippen LogP contribution in [0.2, 0.25) is 5.02 Å². The summed E-state index contributed by atoms with van der Waals surface area (Å²) >= 11 is 7.37. The number of halogens is 1. The van der Waals surface area contributed by atoms with E-state index in [1.54, 1.807) is 12.1 Å². The van der Waals surface area contributed by atoms with Gasteiger partial charge in [-0.15, -0.1) is 11.3 Å². The molecule has 1 fully saturated rings. The van der Waals surface area contributed by atoms with Crippen LogP contribution >= 0.6 is 22.9 Å². The van der Waals surface area contributed by atoms with Gasteiger partial charge in [0.2, 0.25) is 0 Å². The second-order valence-corrected chi connectivity index (χ2v) is 8.06. The number of thiophene rings is 1. The highest BCUT2D eigenvalue weighted by molar-refractivity contribution is 7.17. The predicted octanol–water partition coefficient (Wildman–Crippen LogP) is 4.65. The fourth-order valence-corrected chi connectivity index (χ4v) is 4.50. The smallest absolute Gasteiger partial charge is 0.326 e. The Bertz CT molecular complexity index is 1020. The van der Waals surface area contributed by atoms with Gasteiger partial charge in [0.25, 0.3) is 5.56 Å². The molecule has 1 aliphatic rings. The van der Waals surface area contributed by atoms with Gasteiger partial charge < -0.3 is 4.74 Å². The van der Waals surface area contributed by atoms with Crippen LogP contribution in [-0.2, 0) is 16.1 Å². The van der Waals surface area contributed by atoms with E-state index in [4.69, 9.17) is 16.3 Å². The van der Waals surface area contributed by atoms with Gasteiger partial charge in [-0.1, -0.05) is 30.2 Å². The van der Waals surface area contributed by atoms with E-state index < -0.39 is 0 Å². The van der Waals surface area contributed by atoms with Crippen LogP contribution in [0.4, 0.5) is 0 Å². The van der Waals surface area contributed by atoms with Crippen molar-refractivity contribution in [2.45, 2.75) is 44.8 Å². The molecule has 0 bridgehead atoms. The molecule has 1 saturated carbocycles. The van der Waals surface area contributed by atoms with Gasteiger partial charge in [-0.25, -0.2) is 4.98 Å². The highest BCUT2D eigenvalue weighted by Gasteiger charge is 2.19. The molecule has 7 heteroatoms. The molecular weight excluding hydrogens is 384 g/mol. The van der Waals surface area contributed by atoms with Crippen LogP contribution in [0.5, 0.6) is 0 Å². The average Bonchev–Trinajstić information content (AvgIpc) is 3.10. The summed E-state index contributed by atoms with van der Waals surface area (Å²) in [7, 11) is 0. The molecule has 2 aromatic heterocycles. The minimum atomic E-state index is -0.381. The lowest BCUT2D eigenvalue weighted by atomic mass is 9.98. The third kappa shape index (κ3) is 3.92. The quantitative estimate of drug-likeness (QED) is 0.596. The Morgan fingerprint density at radius 1 is 1.22 bits per heavy atom. The topological polar surface area (TPSA) is 61.2 Å². The zero-order chi connectivity index (χ0) is 18.8. The second kappa shape index (κ2) is 7.82. The van der Waals surface area contributed by atoms with Crippen LogP contribution in [0.1, 0.15) is 32.1 Å². The molecule has 5 nitrogen and oxygen atoms in total. The minimum absolute atomic E-state index is 0.0237. The van der Waals surface area contributed by atoms with Crippen LogP contribution in [0.3, 0.4) is 0 Å². The molecule has 1 aromatic carbocycles. The Kier molecular flexibility index (Phi) is 5.27. The highest BCUT2D eigenvalue weighted by Crippen LogP contribution is 2.31. The number of hydrogen-bond acceptors (Lipinski definition) is 5. The Morgan fingerprint density at radius 3 is 2.70 bits per heavy atom. The van der Waals surface area contributed by atoms with Crippen molar-refractivity contribution in [2.75, 3.05) is 0 Å². The van der Waals surface area contributed by atoms with Crippen molar-refractivity contribution in [3.8, 4) is 11.1 Å². The molecule has 0 aliphatic heterocycles. The van der Waals surface area contributed by atoms with Crippen LogP contribution in [0.25, 0.3) is 21.3 Å². The molecule has 4 rings (SSSR count). The maximum atomic E-state index is 13.0. The van der Waals surface area contributed by atoms with Crippen molar-refractivity contribution < 1.29 is 9.53 Å². The third-order valence-electron chi connectivity index (χ3n) is 4.87. The van der Waals surface area contributed by atoms with Crippen molar-refractivity contribution in [1.29, 1.82) is 0 Å². The van der Waals surface area contributed by atoms with E-state index in [2.05, 4.69) is 4.98 Å². The first-order valence-corrected chi connectivity index (χ1v) is 10.3. The first kappa shape index (κ1) is 18.2. The van der Waals surface area contributed by atoms with Crippen molar-refractivity contribution >= 4 is 39.1 Å². The number of aromatic nitrogens is 2. The molecule has 0 atom stereocenters. The maximum absolute atomic E-state index is 13.0. The van der Waals surface area contributed by atoms with Crippen molar-refractivity contribution in [3.05, 3.63) is 51.3 Å². The highest BCUT2D eigenvalue weighted by atomic mass is 35.5. The van der Waals surface area contributed by atoms with E-state index in [1.165, 1.54) is 28.7 Å². The second-order valence-electron chi connectivity index (χ2n) is 6.76. The van der Waals surface area contributed by atoms with Crippen LogP contribution in [0, 0.1) is 0 Å². The minimum Gasteiger partial charge on any atom is -0.461 e. The van der Waals surface area contributed by atoms with E-state index in [1.807, 2.05) is 17.5 Å². The fourth-order valence-electron chi connectivity index (χ4n) is 3.47. The standard InChI is InChI=1S/C20H19ClN2O3S/c21-14-8-6-13(7-9-14)16-11-27-19-18(16)20(25)23(12-22-19)10-17(24)26-15-4-2-1-3-5-15/h6-9,11-12,15H,1-5,10H2. The number of benzene rings is 1. The normalized spacial score (nSPS) is 15.1. The summed E-state index contributed by atoms with van der Waals surface area (Å²) in [6.45, 7) is -0.117. The Labute approximate surface area is 165 Å². The average molecular weight is 403 g/mol. The SMILES string of the molecule is O=C(Cn1cnc2scc(-c3ccc(Cl)cc3)c2c1=O)OC1CCCCC1. The van der Waals surface area contributed by atoms with Gasteiger partial charge >= 0.3 is 5.97 Å². The number of rotatable bonds is 4. The third-order valence-corrected chi connectivity index (χ3v) is 6.00. The number of carbonyl (C=O) groups excluding carboxylic acids is 1. The molecule has 0 amide bonds. The summed E-state index contributed by atoms with van der Waals surface area (Å²) in [6, 6.07) is 7.32. The lowest BCUT2D eigenvalue weighted by Gasteiger charge is -2.21. The summed E-state index contributed by atoms with van der Waals surface area (Å²) in [4.78, 5) is 30.3. The molecule has 0 unspecified atom stereocenters. The Morgan fingerprint density at radius 2 is 1.96 bits per heavy atom. The number of hydrogen-bond donors (Lipinski definition) is 0. The molecule has 3 aromatic rings. The summed E-state index contributed by atoms with van der Waals surface area (Å²) < 4.78 is 6.87. The molecule has 0 saturated heterocycles. The first-order valence-electron chi connectivity index (χ1n) is 9.04. The summed E-state index contributed by atoms with van der Waals surface area (Å²) in [5.74, 6) is -0.381. The van der Waals surface area contributed by atoms with Crippen molar-refractivity contribution in [1.82, 2.24) is 9.55 Å². The zero-order valence-electron chi connectivity index (χ0n) is 14.7. The monoisotopic (exact) mass is 402 g/mol. The molecule has 1 aliphatic carbocycles. The lowest BCUT2D eigenvalue weighted by molar-refractivity contribution is -0.151. The van der Waals surface area contributed by atoms with E-state index in [9.17, 15) is 9.59 Å². The van der Waals surface area contributed by atoms with E-state index in [-0.39, 0.29) is 24.2 Å². The largest absolute Gasteiger partial charge is 0.461 e. The Hall–Kier alpha value is -2.18. The number of carbonyl (C=O) groups is 1. The molecule has 0 radical (unpaired) electrons. The van der Waals surface area contributed by atoms with Gasteiger partial charge in [0.15, 0.2) is 0 Å². The fraction of sp³-hybridized carbons (Fsp3) is 0.350. The molecule has 0 spiro atoms. The number of fused-ring (bicyclic) bond motifs is 1. The van der Waals surface area contributed by atoms with E-state index in [0.29, 0.717) is 15.2 Å². The number of esters is 1. The Balaban J connectivity index is 1.61. The van der Waals surface area contributed by atoms with Crippen LogP contribution < -0.4 is 5.56 Å². The number of nitrogens with zero attached hydrogens (tertiary/aromatic N) is 2. The molecule has 2 heterocycles. The maximum Gasteiger partial charge on any atom is 0.326 e. The van der Waals surface area contributed by atoms with Crippen LogP contribution in [0.15, 0.2) is 40.8 Å². The van der Waals surface area contributed by atoms with Gasteiger partial charge in [0.1, 0.15) is 17.5 Å². The summed E-state index contributed by atoms with van der Waals surface area (Å²) in [6.07, 6.45) is 6.58. The van der Waals surface area contributed by atoms with Crippen LogP contribution in [-0.4, -0.2) is 21.6 Å². The number of ether oxygens (including phenoxy) is 1. The molecule has 27 heavy (non-hydrogen) atoms. The lowest BCUT2D eigenvalue weighted by Crippen LogP contribution is -2.28.